The number of fused-ring (bicyclic) bond motifs is 1. The molecule has 0 N–H and O–H groups in total. The molecule has 2 fully saturated rings. The fraction of sp³-hybridized carbons (Fsp3) is 0.500. The molecule has 0 spiro atoms. The first-order chi connectivity index (χ1) is 13.8. The molecule has 2 aliphatic rings. The predicted molar refractivity (Wildman–Crippen MR) is 103 cm³/mol. The van der Waals surface area contributed by atoms with Gasteiger partial charge in [-0.1, -0.05) is 0 Å². The van der Waals surface area contributed by atoms with Crippen LogP contribution in [-0.4, -0.2) is 60.7 Å². The van der Waals surface area contributed by atoms with E-state index in [0.29, 0.717) is 11.6 Å². The van der Waals surface area contributed by atoms with Gasteiger partial charge in [0.2, 0.25) is 0 Å². The van der Waals surface area contributed by atoms with Crippen molar-refractivity contribution in [1.82, 2.24) is 29.0 Å². The van der Waals surface area contributed by atoms with E-state index in [4.69, 9.17) is 4.74 Å². The maximum Gasteiger partial charge on any atom is 0.255 e. The van der Waals surface area contributed by atoms with Crippen molar-refractivity contribution in [1.29, 1.82) is 0 Å². The van der Waals surface area contributed by atoms with Crippen molar-refractivity contribution in [2.24, 2.45) is 0 Å². The number of likely N-dealkylation sites (tertiary alicyclic amines) is 1. The molecule has 5 rings (SSSR count). The van der Waals surface area contributed by atoms with Gasteiger partial charge in [0.25, 0.3) is 5.91 Å². The Balaban J connectivity index is 1.37. The van der Waals surface area contributed by atoms with E-state index < -0.39 is 0 Å². The smallest absolute Gasteiger partial charge is 0.255 e. The Kier molecular flexibility index (Phi) is 4.56. The van der Waals surface area contributed by atoms with Gasteiger partial charge in [-0.05, 0) is 31.7 Å². The van der Waals surface area contributed by atoms with Gasteiger partial charge in [-0.25, -0.2) is 15.0 Å². The molecule has 1 unspecified atom stereocenters. The van der Waals surface area contributed by atoms with E-state index in [-0.39, 0.29) is 11.9 Å². The van der Waals surface area contributed by atoms with Crippen LogP contribution < -0.4 is 0 Å². The summed E-state index contributed by atoms with van der Waals surface area (Å²) in [5, 5.41) is 0. The topological polar surface area (TPSA) is 78.1 Å². The average Bonchev–Trinajstić information content (AvgIpc) is 3.49. The lowest BCUT2D eigenvalue weighted by atomic mass is 10.1. The second-order valence-electron chi connectivity index (χ2n) is 7.62. The summed E-state index contributed by atoms with van der Waals surface area (Å²) < 4.78 is 9.62. The molecule has 0 saturated carbocycles. The summed E-state index contributed by atoms with van der Waals surface area (Å²) in [6.07, 6.45) is 13.0. The number of hydrogen-bond acceptors (Lipinski definition) is 5. The van der Waals surface area contributed by atoms with Gasteiger partial charge in [-0.15, -0.1) is 0 Å². The highest BCUT2D eigenvalue weighted by molar-refractivity contribution is 5.96. The van der Waals surface area contributed by atoms with Gasteiger partial charge in [0.05, 0.1) is 18.2 Å². The van der Waals surface area contributed by atoms with Crippen molar-refractivity contribution < 1.29 is 9.53 Å². The SMILES string of the molecule is O=C(c1cnc2c(c1)ncn2C1CCOCC1)N1CCCC1Cn1ccnc1. The third-order valence-electron chi connectivity index (χ3n) is 5.86. The second kappa shape index (κ2) is 7.35. The van der Waals surface area contributed by atoms with Gasteiger partial charge < -0.3 is 18.8 Å². The number of carbonyl (C=O) groups excluding carboxylic acids is 1. The Morgan fingerprint density at radius 1 is 1.18 bits per heavy atom. The quantitative estimate of drug-likeness (QED) is 0.694. The molecule has 8 heteroatoms. The van der Waals surface area contributed by atoms with Crippen molar-refractivity contribution in [2.75, 3.05) is 19.8 Å². The Morgan fingerprint density at radius 2 is 2.07 bits per heavy atom. The first-order valence-electron chi connectivity index (χ1n) is 9.96. The Bertz CT molecular complexity index is 960. The van der Waals surface area contributed by atoms with Crippen LogP contribution in [0.15, 0.2) is 37.3 Å². The van der Waals surface area contributed by atoms with E-state index in [2.05, 4.69) is 19.5 Å². The van der Waals surface area contributed by atoms with Crippen LogP contribution in [0.1, 0.15) is 42.1 Å². The molecule has 28 heavy (non-hydrogen) atoms. The fourth-order valence-electron chi connectivity index (χ4n) is 4.36. The number of carbonyl (C=O) groups is 1. The molecule has 0 radical (unpaired) electrons. The molecule has 146 valence electrons. The molecule has 0 aliphatic carbocycles. The molecule has 2 aliphatic heterocycles. The van der Waals surface area contributed by atoms with Crippen LogP contribution in [0.3, 0.4) is 0 Å². The Hall–Kier alpha value is -2.74. The number of ether oxygens (including phenoxy) is 1. The van der Waals surface area contributed by atoms with Crippen LogP contribution in [0.5, 0.6) is 0 Å². The van der Waals surface area contributed by atoms with Crippen LogP contribution in [-0.2, 0) is 11.3 Å². The molecule has 0 bridgehead atoms. The van der Waals surface area contributed by atoms with E-state index in [1.165, 1.54) is 0 Å². The molecule has 1 amide bonds. The zero-order valence-electron chi connectivity index (χ0n) is 15.8. The number of pyridine rings is 1. The normalized spacial score (nSPS) is 20.9. The third kappa shape index (κ3) is 3.17. The van der Waals surface area contributed by atoms with Gasteiger partial charge >= 0.3 is 0 Å². The lowest BCUT2D eigenvalue weighted by Crippen LogP contribution is -2.38. The minimum atomic E-state index is 0.0395. The van der Waals surface area contributed by atoms with Crippen LogP contribution >= 0.6 is 0 Å². The first kappa shape index (κ1) is 17.4. The first-order valence-corrected chi connectivity index (χ1v) is 9.96. The predicted octanol–water partition coefficient (Wildman–Crippen LogP) is 2.28. The van der Waals surface area contributed by atoms with Crippen molar-refractivity contribution >= 4 is 17.1 Å². The van der Waals surface area contributed by atoms with Crippen LogP contribution in [0, 0.1) is 0 Å². The van der Waals surface area contributed by atoms with Crippen LogP contribution in [0.4, 0.5) is 0 Å². The lowest BCUT2D eigenvalue weighted by Gasteiger charge is -2.25. The van der Waals surface area contributed by atoms with Crippen LogP contribution in [0.2, 0.25) is 0 Å². The molecule has 1 atom stereocenters. The van der Waals surface area contributed by atoms with E-state index >= 15 is 0 Å². The number of hydrogen-bond donors (Lipinski definition) is 0. The van der Waals surface area contributed by atoms with Gasteiger partial charge in [-0.2, -0.15) is 0 Å². The average molecular weight is 380 g/mol. The largest absolute Gasteiger partial charge is 0.381 e. The number of nitrogens with zero attached hydrogens (tertiary/aromatic N) is 6. The van der Waals surface area contributed by atoms with Gasteiger partial charge in [0.15, 0.2) is 5.65 Å². The van der Waals surface area contributed by atoms with E-state index in [1.54, 1.807) is 18.7 Å². The number of aromatic nitrogens is 5. The highest BCUT2D eigenvalue weighted by Gasteiger charge is 2.30. The van der Waals surface area contributed by atoms with Crippen molar-refractivity contribution in [2.45, 2.75) is 44.3 Å². The monoisotopic (exact) mass is 380 g/mol. The summed E-state index contributed by atoms with van der Waals surface area (Å²) in [6.45, 7) is 3.11. The maximum atomic E-state index is 13.1. The van der Waals surface area contributed by atoms with E-state index in [0.717, 1.165) is 63.2 Å². The third-order valence-corrected chi connectivity index (χ3v) is 5.86. The minimum Gasteiger partial charge on any atom is -0.381 e. The summed E-state index contributed by atoms with van der Waals surface area (Å²) in [6, 6.07) is 2.44. The Morgan fingerprint density at radius 3 is 2.89 bits per heavy atom. The number of amides is 1. The molecular formula is C20H24N6O2. The van der Waals surface area contributed by atoms with Gasteiger partial charge in [-0.3, -0.25) is 4.79 Å². The standard InChI is InChI=1S/C20H24N6O2/c27-20(25-6-1-2-17(25)12-24-7-5-21-13-24)15-10-18-19(22-11-15)26(14-23-18)16-3-8-28-9-4-16/h5,7,10-11,13-14,16-17H,1-4,6,8-9,12H2. The zero-order chi connectivity index (χ0) is 18.9. The van der Waals surface area contributed by atoms with E-state index in [9.17, 15) is 4.79 Å². The summed E-state index contributed by atoms with van der Waals surface area (Å²) in [5.74, 6) is 0.0395. The summed E-state index contributed by atoms with van der Waals surface area (Å²) >= 11 is 0. The molecule has 3 aromatic rings. The highest BCUT2D eigenvalue weighted by Crippen LogP contribution is 2.26. The Labute approximate surface area is 163 Å². The fourth-order valence-corrected chi connectivity index (χ4v) is 4.36. The summed E-state index contributed by atoms with van der Waals surface area (Å²) in [5.41, 5.74) is 2.24. The highest BCUT2D eigenvalue weighted by atomic mass is 16.5. The van der Waals surface area contributed by atoms with Gasteiger partial charge in [0.1, 0.15) is 5.52 Å². The number of imidazole rings is 2. The van der Waals surface area contributed by atoms with Crippen LogP contribution in [0.25, 0.3) is 11.2 Å². The molecule has 2 saturated heterocycles. The molecule has 8 nitrogen and oxygen atoms in total. The zero-order valence-corrected chi connectivity index (χ0v) is 15.8. The molecular weight excluding hydrogens is 356 g/mol. The maximum absolute atomic E-state index is 13.1. The van der Waals surface area contributed by atoms with E-state index in [1.807, 2.05) is 28.1 Å². The molecule has 3 aromatic heterocycles. The lowest BCUT2D eigenvalue weighted by molar-refractivity contribution is 0.0704. The van der Waals surface area contributed by atoms with Gasteiger partial charge in [0, 0.05) is 57.0 Å². The van der Waals surface area contributed by atoms with Crippen molar-refractivity contribution in [3.8, 4) is 0 Å². The molecule has 5 heterocycles. The minimum absolute atomic E-state index is 0.0395. The van der Waals surface area contributed by atoms with Crippen molar-refractivity contribution in [3.63, 3.8) is 0 Å². The number of rotatable bonds is 4. The second-order valence-corrected chi connectivity index (χ2v) is 7.62. The van der Waals surface area contributed by atoms with Crippen molar-refractivity contribution in [3.05, 3.63) is 42.9 Å². The molecule has 0 aromatic carbocycles. The summed E-state index contributed by atoms with van der Waals surface area (Å²) in [7, 11) is 0. The summed E-state index contributed by atoms with van der Waals surface area (Å²) in [4.78, 5) is 28.3.